The lowest BCUT2D eigenvalue weighted by Gasteiger charge is -2.30. The first kappa shape index (κ1) is 12.5. The number of carbonyl (C=O) groups is 1. The lowest BCUT2D eigenvalue weighted by atomic mass is 10.0. The smallest absolute Gasteiger partial charge is 0.320 e. The summed E-state index contributed by atoms with van der Waals surface area (Å²) in [7, 11) is 1.89. The van der Waals surface area contributed by atoms with Crippen LogP contribution < -0.4 is 0 Å². The topological polar surface area (TPSA) is 49.8 Å². The maximum atomic E-state index is 11.2. The highest BCUT2D eigenvalue weighted by Gasteiger charge is 2.30. The first-order valence-electron chi connectivity index (χ1n) is 5.55. The zero-order valence-electron chi connectivity index (χ0n) is 9.77. The van der Waals surface area contributed by atoms with Gasteiger partial charge in [0.15, 0.2) is 0 Å². The van der Waals surface area contributed by atoms with Crippen LogP contribution in [0.4, 0.5) is 0 Å². The van der Waals surface area contributed by atoms with Crippen LogP contribution in [-0.2, 0) is 9.53 Å². The van der Waals surface area contributed by atoms with Gasteiger partial charge in [0.25, 0.3) is 0 Å². The molecule has 4 heteroatoms. The largest absolute Gasteiger partial charge is 0.480 e. The normalized spacial score (nSPS) is 23.7. The van der Waals surface area contributed by atoms with E-state index in [1.165, 1.54) is 0 Å². The minimum atomic E-state index is -0.724. The van der Waals surface area contributed by atoms with Gasteiger partial charge in [0.05, 0.1) is 6.61 Å². The van der Waals surface area contributed by atoms with Gasteiger partial charge in [-0.15, -0.1) is 0 Å². The molecule has 1 rings (SSSR count). The third-order valence-corrected chi connectivity index (χ3v) is 2.95. The van der Waals surface area contributed by atoms with Gasteiger partial charge in [0, 0.05) is 12.6 Å². The van der Waals surface area contributed by atoms with E-state index in [-0.39, 0.29) is 12.1 Å². The minimum absolute atomic E-state index is 0.268. The van der Waals surface area contributed by atoms with E-state index in [1.807, 2.05) is 11.9 Å². The zero-order chi connectivity index (χ0) is 11.4. The average Bonchev–Trinajstić information content (AvgIpc) is 2.65. The molecule has 0 spiro atoms. The number of nitrogens with zero attached hydrogens (tertiary/aromatic N) is 1. The number of hydrogen-bond acceptors (Lipinski definition) is 3. The Morgan fingerprint density at radius 3 is 2.67 bits per heavy atom. The second kappa shape index (κ2) is 5.47. The van der Waals surface area contributed by atoms with Gasteiger partial charge in [0.2, 0.25) is 0 Å². The Hall–Kier alpha value is -0.610. The van der Waals surface area contributed by atoms with Crippen molar-refractivity contribution in [1.82, 2.24) is 4.90 Å². The number of aliphatic carboxylic acids is 1. The third-order valence-electron chi connectivity index (χ3n) is 2.95. The highest BCUT2D eigenvalue weighted by atomic mass is 16.5. The molecule has 0 bridgehead atoms. The SMILES string of the molecule is CC(C)CC(C(=O)O)N(C)C1CCOC1. The Kier molecular flexibility index (Phi) is 4.54. The van der Waals surface area contributed by atoms with Crippen LogP contribution >= 0.6 is 0 Å². The fraction of sp³-hybridized carbons (Fsp3) is 0.909. The standard InChI is InChI=1S/C11H21NO3/c1-8(2)6-10(11(13)14)12(3)9-4-5-15-7-9/h8-10H,4-7H2,1-3H3,(H,13,14). The Morgan fingerprint density at radius 2 is 2.27 bits per heavy atom. The second-order valence-electron chi connectivity index (χ2n) is 4.67. The maximum absolute atomic E-state index is 11.2. The van der Waals surface area contributed by atoms with Gasteiger partial charge in [-0.05, 0) is 25.8 Å². The Bertz CT molecular complexity index is 212. The number of carboxylic acids is 1. The van der Waals surface area contributed by atoms with Crippen molar-refractivity contribution in [3.05, 3.63) is 0 Å². The van der Waals surface area contributed by atoms with Crippen molar-refractivity contribution in [2.75, 3.05) is 20.3 Å². The van der Waals surface area contributed by atoms with E-state index in [9.17, 15) is 9.90 Å². The molecule has 2 unspecified atom stereocenters. The average molecular weight is 215 g/mol. The summed E-state index contributed by atoms with van der Waals surface area (Å²) < 4.78 is 5.28. The molecule has 0 aromatic heterocycles. The predicted octanol–water partition coefficient (Wildman–Crippen LogP) is 1.21. The van der Waals surface area contributed by atoms with Crippen LogP contribution in [0.5, 0.6) is 0 Å². The molecule has 0 aliphatic carbocycles. The van der Waals surface area contributed by atoms with Crippen molar-refractivity contribution in [2.24, 2.45) is 5.92 Å². The summed E-state index contributed by atoms with van der Waals surface area (Å²) >= 11 is 0. The van der Waals surface area contributed by atoms with E-state index in [1.54, 1.807) is 0 Å². The Morgan fingerprint density at radius 1 is 1.60 bits per heavy atom. The van der Waals surface area contributed by atoms with Crippen molar-refractivity contribution >= 4 is 5.97 Å². The molecule has 0 radical (unpaired) electrons. The first-order valence-corrected chi connectivity index (χ1v) is 5.55. The lowest BCUT2D eigenvalue weighted by Crippen LogP contribution is -2.45. The molecular weight excluding hydrogens is 194 g/mol. The third kappa shape index (κ3) is 3.47. The van der Waals surface area contributed by atoms with E-state index in [4.69, 9.17) is 4.74 Å². The lowest BCUT2D eigenvalue weighted by molar-refractivity contribution is -0.144. The van der Waals surface area contributed by atoms with E-state index in [0.717, 1.165) is 13.0 Å². The number of hydrogen-bond donors (Lipinski definition) is 1. The Labute approximate surface area is 91.2 Å². The van der Waals surface area contributed by atoms with Gasteiger partial charge >= 0.3 is 5.97 Å². The van der Waals surface area contributed by atoms with Gasteiger partial charge < -0.3 is 9.84 Å². The number of ether oxygens (including phenoxy) is 1. The number of likely N-dealkylation sites (N-methyl/N-ethyl adjacent to an activating group) is 1. The van der Waals surface area contributed by atoms with E-state index in [0.29, 0.717) is 18.9 Å². The van der Waals surface area contributed by atoms with Crippen molar-refractivity contribution in [1.29, 1.82) is 0 Å². The Balaban J connectivity index is 2.57. The first-order chi connectivity index (χ1) is 7.02. The molecular formula is C11H21NO3. The molecule has 1 fully saturated rings. The summed E-state index contributed by atoms with van der Waals surface area (Å²) in [5.41, 5.74) is 0. The zero-order valence-corrected chi connectivity index (χ0v) is 9.77. The summed E-state index contributed by atoms with van der Waals surface area (Å²) in [6.45, 7) is 5.52. The van der Waals surface area contributed by atoms with E-state index < -0.39 is 5.97 Å². The van der Waals surface area contributed by atoms with Gasteiger partial charge in [0.1, 0.15) is 6.04 Å². The highest BCUT2D eigenvalue weighted by molar-refractivity contribution is 5.73. The minimum Gasteiger partial charge on any atom is -0.480 e. The summed E-state index contributed by atoms with van der Waals surface area (Å²) in [5.74, 6) is -0.325. The van der Waals surface area contributed by atoms with Crippen LogP contribution in [0.2, 0.25) is 0 Å². The van der Waals surface area contributed by atoms with Crippen molar-refractivity contribution in [3.63, 3.8) is 0 Å². The fourth-order valence-corrected chi connectivity index (χ4v) is 1.99. The van der Waals surface area contributed by atoms with Crippen LogP contribution in [0, 0.1) is 5.92 Å². The fourth-order valence-electron chi connectivity index (χ4n) is 1.99. The molecule has 1 N–H and O–H groups in total. The molecule has 0 saturated carbocycles. The monoisotopic (exact) mass is 215 g/mol. The maximum Gasteiger partial charge on any atom is 0.320 e. The molecule has 1 aliphatic heterocycles. The second-order valence-corrected chi connectivity index (χ2v) is 4.67. The number of carboxylic acid groups (broad SMARTS) is 1. The van der Waals surface area contributed by atoms with Crippen LogP contribution in [0.3, 0.4) is 0 Å². The predicted molar refractivity (Wildman–Crippen MR) is 57.9 cm³/mol. The molecule has 1 saturated heterocycles. The van der Waals surface area contributed by atoms with Crippen molar-refractivity contribution < 1.29 is 14.6 Å². The van der Waals surface area contributed by atoms with Gasteiger partial charge in [-0.1, -0.05) is 13.8 Å². The molecule has 15 heavy (non-hydrogen) atoms. The highest BCUT2D eigenvalue weighted by Crippen LogP contribution is 2.18. The number of rotatable bonds is 5. The van der Waals surface area contributed by atoms with Crippen LogP contribution in [0.1, 0.15) is 26.7 Å². The molecule has 0 aromatic rings. The van der Waals surface area contributed by atoms with Crippen LogP contribution in [0.25, 0.3) is 0 Å². The van der Waals surface area contributed by atoms with Gasteiger partial charge in [-0.3, -0.25) is 9.69 Å². The van der Waals surface area contributed by atoms with E-state index >= 15 is 0 Å². The van der Waals surface area contributed by atoms with Crippen LogP contribution in [0.15, 0.2) is 0 Å². The summed E-state index contributed by atoms with van der Waals surface area (Å²) in [4.78, 5) is 13.1. The van der Waals surface area contributed by atoms with Crippen molar-refractivity contribution in [2.45, 2.75) is 38.8 Å². The summed E-state index contributed by atoms with van der Waals surface area (Å²) in [6, 6.07) is -0.110. The summed E-state index contributed by atoms with van der Waals surface area (Å²) in [5, 5.41) is 9.17. The molecule has 0 aromatic carbocycles. The molecule has 1 heterocycles. The molecule has 88 valence electrons. The van der Waals surface area contributed by atoms with Gasteiger partial charge in [-0.25, -0.2) is 0 Å². The van der Waals surface area contributed by atoms with Crippen LogP contribution in [-0.4, -0.2) is 48.3 Å². The van der Waals surface area contributed by atoms with E-state index in [2.05, 4.69) is 13.8 Å². The van der Waals surface area contributed by atoms with Gasteiger partial charge in [-0.2, -0.15) is 0 Å². The molecule has 0 amide bonds. The van der Waals surface area contributed by atoms with Crippen molar-refractivity contribution in [3.8, 4) is 0 Å². The quantitative estimate of drug-likeness (QED) is 0.749. The molecule has 2 atom stereocenters. The molecule has 4 nitrogen and oxygen atoms in total. The molecule has 1 aliphatic rings. The summed E-state index contributed by atoms with van der Waals surface area (Å²) in [6.07, 6.45) is 1.64.